The molecule has 0 bridgehead atoms. The largest absolute Gasteiger partial charge is 0.472 e. The van der Waals surface area contributed by atoms with E-state index in [1.165, 1.54) is 38.5 Å². The summed E-state index contributed by atoms with van der Waals surface area (Å²) in [5, 5.41) is 12.6. The SMILES string of the molecule is CC/C=C\C/C=C\C/C=C\C/C=C\C/C=C\C/C=C\CCCCCCC(=O)NCCOP(=O)(O)OCC(O)COC(=O)CCCCCCCCCCC. The second-order valence-electron chi connectivity index (χ2n) is 13.2. The van der Waals surface area contributed by atoms with Gasteiger partial charge in [-0.15, -0.1) is 0 Å². The zero-order chi connectivity index (χ0) is 38.9. The molecule has 2 unspecified atom stereocenters. The predicted octanol–water partition coefficient (Wildman–Crippen LogP) is 11.1. The average molecular weight is 764 g/mol. The Morgan fingerprint density at radius 2 is 1.08 bits per heavy atom. The van der Waals surface area contributed by atoms with E-state index in [0.717, 1.165) is 89.9 Å². The second-order valence-corrected chi connectivity index (χ2v) is 14.7. The van der Waals surface area contributed by atoms with Crippen LogP contribution < -0.4 is 5.32 Å². The molecule has 2 atom stereocenters. The van der Waals surface area contributed by atoms with Crippen LogP contribution in [0, 0.1) is 0 Å². The summed E-state index contributed by atoms with van der Waals surface area (Å²) in [6.07, 6.45) is 47.0. The summed E-state index contributed by atoms with van der Waals surface area (Å²) in [6.45, 7) is 3.36. The number of allylic oxidation sites excluding steroid dienone is 12. The third-order valence-corrected chi connectivity index (χ3v) is 9.14. The van der Waals surface area contributed by atoms with E-state index in [2.05, 4.69) is 92.1 Å². The van der Waals surface area contributed by atoms with Gasteiger partial charge >= 0.3 is 13.8 Å². The highest BCUT2D eigenvalue weighted by Gasteiger charge is 2.23. The van der Waals surface area contributed by atoms with E-state index in [9.17, 15) is 24.2 Å². The molecular weight excluding hydrogens is 689 g/mol. The molecule has 0 saturated carbocycles. The highest BCUT2D eigenvalue weighted by atomic mass is 31.2. The topological polar surface area (TPSA) is 131 Å². The minimum atomic E-state index is -4.42. The van der Waals surface area contributed by atoms with Gasteiger partial charge in [0.15, 0.2) is 0 Å². The monoisotopic (exact) mass is 764 g/mol. The molecule has 0 saturated heterocycles. The Kier molecular flexibility index (Phi) is 37.3. The van der Waals surface area contributed by atoms with E-state index < -0.39 is 26.5 Å². The van der Waals surface area contributed by atoms with Gasteiger partial charge < -0.3 is 20.1 Å². The van der Waals surface area contributed by atoms with Crippen LogP contribution in [0.5, 0.6) is 0 Å². The Balaban J connectivity index is 3.68. The summed E-state index contributed by atoms with van der Waals surface area (Å²) in [5.41, 5.74) is 0. The van der Waals surface area contributed by atoms with Crippen LogP contribution in [0.2, 0.25) is 0 Å². The number of rotatable bonds is 37. The third kappa shape index (κ3) is 40.5. The van der Waals surface area contributed by atoms with Gasteiger partial charge in [0, 0.05) is 19.4 Å². The van der Waals surface area contributed by atoms with Crippen molar-refractivity contribution in [2.45, 2.75) is 161 Å². The molecule has 0 aromatic carbocycles. The van der Waals surface area contributed by atoms with Crippen molar-refractivity contribution >= 4 is 19.7 Å². The summed E-state index contributed by atoms with van der Waals surface area (Å²) in [5.74, 6) is -0.550. The van der Waals surface area contributed by atoms with Gasteiger partial charge in [-0.2, -0.15) is 0 Å². The minimum absolute atomic E-state index is 0.0639. The molecule has 0 rings (SSSR count). The number of hydrogen-bond acceptors (Lipinski definition) is 7. The summed E-state index contributed by atoms with van der Waals surface area (Å²) < 4.78 is 26.7. The van der Waals surface area contributed by atoms with Crippen LogP contribution in [0.1, 0.15) is 155 Å². The fourth-order valence-corrected chi connectivity index (χ4v) is 5.84. The van der Waals surface area contributed by atoms with Gasteiger partial charge in [-0.1, -0.05) is 151 Å². The number of phosphoric acid groups is 1. The normalized spacial score (nSPS) is 14.1. The lowest BCUT2D eigenvalue weighted by Gasteiger charge is -2.15. The lowest BCUT2D eigenvalue weighted by molar-refractivity contribution is -0.147. The average Bonchev–Trinajstić information content (AvgIpc) is 3.14. The number of hydrogen-bond donors (Lipinski definition) is 3. The molecule has 0 fully saturated rings. The van der Waals surface area contributed by atoms with E-state index in [0.29, 0.717) is 6.42 Å². The Bertz CT molecular complexity index is 1100. The summed E-state index contributed by atoms with van der Waals surface area (Å²) in [6, 6.07) is 0. The van der Waals surface area contributed by atoms with E-state index in [1.807, 2.05) is 0 Å². The van der Waals surface area contributed by atoms with Crippen molar-refractivity contribution in [3.8, 4) is 0 Å². The first-order valence-corrected chi connectivity index (χ1v) is 21.9. The number of nitrogens with one attached hydrogen (secondary N) is 1. The fourth-order valence-electron chi connectivity index (χ4n) is 5.09. The van der Waals surface area contributed by atoms with Crippen molar-refractivity contribution in [1.29, 1.82) is 0 Å². The standard InChI is InChI=1S/C43H74NO8P/c1-3-5-7-9-11-13-14-15-16-17-18-19-20-21-22-23-24-25-26-28-29-31-33-35-42(46)44-37-38-51-53(48,49)52-40-41(45)39-50-43(47)36-34-32-30-27-12-10-8-6-4-2/h5,7,11,13,15-16,18-19,21-22,24-25,41,45H,3-4,6,8-10,12,14,17,20,23,26-40H2,1-2H3,(H,44,46)(H,48,49)/b7-5-,13-11-,16-15-,19-18-,22-21-,25-24-. The maximum Gasteiger partial charge on any atom is 0.472 e. The number of aliphatic hydroxyl groups is 1. The molecular formula is C43H74NO8P. The van der Waals surface area contributed by atoms with Crippen molar-refractivity contribution in [3.05, 3.63) is 72.9 Å². The Labute approximate surface area is 322 Å². The Morgan fingerprint density at radius 3 is 1.62 bits per heavy atom. The molecule has 9 nitrogen and oxygen atoms in total. The van der Waals surface area contributed by atoms with Crippen LogP contribution in [0.4, 0.5) is 0 Å². The number of esters is 1. The first kappa shape index (κ1) is 50.5. The number of aliphatic hydroxyl groups excluding tert-OH is 1. The number of phosphoric ester groups is 1. The molecule has 0 heterocycles. The molecule has 304 valence electrons. The lowest BCUT2D eigenvalue weighted by Crippen LogP contribution is -2.27. The van der Waals surface area contributed by atoms with Gasteiger partial charge in [-0.3, -0.25) is 18.6 Å². The zero-order valence-corrected chi connectivity index (χ0v) is 34.1. The highest BCUT2D eigenvalue weighted by molar-refractivity contribution is 7.47. The molecule has 0 aliphatic heterocycles. The van der Waals surface area contributed by atoms with Crippen LogP contribution in [0.25, 0.3) is 0 Å². The van der Waals surface area contributed by atoms with Crippen LogP contribution in [-0.2, 0) is 27.9 Å². The molecule has 0 spiro atoms. The van der Waals surface area contributed by atoms with Gasteiger partial charge in [-0.25, -0.2) is 4.57 Å². The molecule has 0 aromatic heterocycles. The second kappa shape index (κ2) is 39.2. The molecule has 10 heteroatoms. The minimum Gasteiger partial charge on any atom is -0.463 e. The molecule has 1 amide bonds. The maximum absolute atomic E-state index is 12.1. The molecule has 0 aliphatic rings. The predicted molar refractivity (Wildman–Crippen MR) is 219 cm³/mol. The molecule has 53 heavy (non-hydrogen) atoms. The third-order valence-electron chi connectivity index (χ3n) is 8.15. The molecule has 0 aromatic rings. The quantitative estimate of drug-likeness (QED) is 0.0247. The summed E-state index contributed by atoms with van der Waals surface area (Å²) in [7, 11) is -4.42. The van der Waals surface area contributed by atoms with Crippen LogP contribution in [0.15, 0.2) is 72.9 Å². The van der Waals surface area contributed by atoms with Gasteiger partial charge in [0.1, 0.15) is 12.7 Å². The van der Waals surface area contributed by atoms with Crippen molar-refractivity contribution in [2.24, 2.45) is 0 Å². The first-order chi connectivity index (χ1) is 25.8. The van der Waals surface area contributed by atoms with Crippen LogP contribution >= 0.6 is 7.82 Å². The zero-order valence-electron chi connectivity index (χ0n) is 33.2. The lowest BCUT2D eigenvalue weighted by atomic mass is 10.1. The fraction of sp³-hybridized carbons (Fsp3) is 0.674. The van der Waals surface area contributed by atoms with Gasteiger partial charge in [0.2, 0.25) is 5.91 Å². The number of carbonyl (C=O) groups is 2. The highest BCUT2D eigenvalue weighted by Crippen LogP contribution is 2.42. The van der Waals surface area contributed by atoms with Crippen molar-refractivity contribution < 1.29 is 37.9 Å². The van der Waals surface area contributed by atoms with E-state index in [1.54, 1.807) is 0 Å². The Hall–Kier alpha value is -2.55. The Morgan fingerprint density at radius 1 is 0.604 bits per heavy atom. The van der Waals surface area contributed by atoms with Gasteiger partial charge in [0.25, 0.3) is 0 Å². The summed E-state index contributed by atoms with van der Waals surface area (Å²) in [4.78, 5) is 33.7. The van der Waals surface area contributed by atoms with E-state index >= 15 is 0 Å². The number of unbranched alkanes of at least 4 members (excludes halogenated alkanes) is 12. The van der Waals surface area contributed by atoms with Crippen molar-refractivity contribution in [3.63, 3.8) is 0 Å². The molecule has 0 aliphatic carbocycles. The summed E-state index contributed by atoms with van der Waals surface area (Å²) >= 11 is 0. The van der Waals surface area contributed by atoms with Gasteiger partial charge in [-0.05, 0) is 64.2 Å². The number of carbonyl (C=O) groups excluding carboxylic acids is 2. The molecule has 3 N–H and O–H groups in total. The van der Waals surface area contributed by atoms with Crippen molar-refractivity contribution in [1.82, 2.24) is 5.32 Å². The van der Waals surface area contributed by atoms with Crippen molar-refractivity contribution in [2.75, 3.05) is 26.4 Å². The van der Waals surface area contributed by atoms with E-state index in [-0.39, 0.29) is 32.1 Å². The first-order valence-electron chi connectivity index (χ1n) is 20.4. The molecule has 0 radical (unpaired) electrons. The smallest absolute Gasteiger partial charge is 0.463 e. The number of amides is 1. The maximum atomic E-state index is 12.1. The van der Waals surface area contributed by atoms with Crippen LogP contribution in [-0.4, -0.2) is 54.3 Å². The van der Waals surface area contributed by atoms with Crippen LogP contribution in [0.3, 0.4) is 0 Å². The number of ether oxygens (including phenoxy) is 1. The van der Waals surface area contributed by atoms with E-state index in [4.69, 9.17) is 13.8 Å². The van der Waals surface area contributed by atoms with Gasteiger partial charge in [0.05, 0.1) is 13.2 Å².